The van der Waals surface area contributed by atoms with Crippen LogP contribution >= 0.6 is 0 Å². The van der Waals surface area contributed by atoms with Crippen molar-refractivity contribution in [1.82, 2.24) is 0 Å². The number of carboxylic acid groups (broad SMARTS) is 1. The molecule has 4 heterocycles. The predicted octanol–water partition coefficient (Wildman–Crippen LogP) is -3.80. The molecular formula is C32H30O20. The molecule has 0 aliphatic carbocycles. The number of aromatic hydroxyl groups is 3. The van der Waals surface area contributed by atoms with Gasteiger partial charge in [0.1, 0.15) is 58.7 Å². The molecule has 52 heavy (non-hydrogen) atoms. The fourth-order valence-electron chi connectivity index (χ4n) is 6.08. The summed E-state index contributed by atoms with van der Waals surface area (Å²) >= 11 is 0. The van der Waals surface area contributed by atoms with Crippen molar-refractivity contribution in [3.8, 4) is 46.2 Å². The number of esters is 1. The van der Waals surface area contributed by atoms with Gasteiger partial charge in [0.05, 0.1) is 6.42 Å². The van der Waals surface area contributed by atoms with Crippen molar-refractivity contribution in [3.05, 3.63) is 46.1 Å². The second kappa shape index (κ2) is 12.9. The third kappa shape index (κ3) is 5.56. The highest BCUT2D eigenvalue weighted by Gasteiger charge is 2.70. The molecule has 3 aliphatic rings. The van der Waals surface area contributed by atoms with E-state index in [-0.39, 0.29) is 34.3 Å². The third-order valence-corrected chi connectivity index (χ3v) is 8.94. The Balaban J connectivity index is 1.39. The largest absolute Gasteiger partial charge is 0.507 e. The Labute approximate surface area is 289 Å². The molecule has 12 N–H and O–H groups in total. The monoisotopic (exact) mass is 734 g/mol. The van der Waals surface area contributed by atoms with E-state index < -0.39 is 113 Å². The molecule has 278 valence electrons. The summed E-state index contributed by atoms with van der Waals surface area (Å²) < 4.78 is 27.0. The van der Waals surface area contributed by atoms with Gasteiger partial charge >= 0.3 is 11.9 Å². The molecule has 3 aliphatic heterocycles. The van der Waals surface area contributed by atoms with Gasteiger partial charge in [0.15, 0.2) is 16.9 Å². The van der Waals surface area contributed by atoms with Crippen molar-refractivity contribution in [1.29, 1.82) is 0 Å². The van der Waals surface area contributed by atoms with E-state index in [1.165, 1.54) is 6.07 Å². The lowest BCUT2D eigenvalue weighted by atomic mass is 9.82. The van der Waals surface area contributed by atoms with Crippen LogP contribution in [0.3, 0.4) is 0 Å². The summed E-state index contributed by atoms with van der Waals surface area (Å²) in [7, 11) is 0. The van der Waals surface area contributed by atoms with Crippen LogP contribution in [0.2, 0.25) is 0 Å². The number of rotatable bonds is 6. The van der Waals surface area contributed by atoms with E-state index in [0.29, 0.717) is 0 Å². The summed E-state index contributed by atoms with van der Waals surface area (Å²) in [5, 5.41) is 124. The van der Waals surface area contributed by atoms with Crippen LogP contribution in [0.1, 0.15) is 12.0 Å². The lowest BCUT2D eigenvalue weighted by molar-refractivity contribution is -0.393. The zero-order valence-electron chi connectivity index (χ0n) is 26.2. The van der Waals surface area contributed by atoms with E-state index in [1.807, 2.05) is 5.92 Å². The summed E-state index contributed by atoms with van der Waals surface area (Å²) in [6.45, 7) is -0.395. The van der Waals surface area contributed by atoms with Crippen LogP contribution in [0.5, 0.6) is 23.0 Å². The number of phenols is 3. The van der Waals surface area contributed by atoms with Crippen LogP contribution in [-0.2, 0) is 30.2 Å². The summed E-state index contributed by atoms with van der Waals surface area (Å²) in [5.74, 6) is -6.26. The number of benzene rings is 2. The van der Waals surface area contributed by atoms with E-state index in [2.05, 4.69) is 5.92 Å². The number of hydrogen-bond donors (Lipinski definition) is 12. The van der Waals surface area contributed by atoms with E-state index in [1.54, 1.807) is 0 Å². The van der Waals surface area contributed by atoms with Gasteiger partial charge in [-0.1, -0.05) is 5.92 Å². The number of hydrogen-bond acceptors (Lipinski definition) is 19. The molecular weight excluding hydrogens is 704 g/mol. The number of carbonyl (C=O) groups excluding carboxylic acids is 1. The number of aliphatic hydroxyl groups is 8. The van der Waals surface area contributed by atoms with E-state index >= 15 is 0 Å². The second-order valence-electron chi connectivity index (χ2n) is 12.2. The van der Waals surface area contributed by atoms with Crippen molar-refractivity contribution in [3.63, 3.8) is 0 Å². The highest BCUT2D eigenvalue weighted by Crippen LogP contribution is 2.42. The summed E-state index contributed by atoms with van der Waals surface area (Å²) in [6.07, 6.45) is -18.1. The zero-order chi connectivity index (χ0) is 38.1. The minimum Gasteiger partial charge on any atom is -0.507 e. The molecule has 6 rings (SSSR count). The van der Waals surface area contributed by atoms with E-state index in [4.69, 9.17) is 23.4 Å². The zero-order valence-corrected chi connectivity index (χ0v) is 26.2. The maximum atomic E-state index is 13.6. The molecule has 1 aromatic heterocycles. The van der Waals surface area contributed by atoms with Gasteiger partial charge in [0.2, 0.25) is 24.0 Å². The van der Waals surface area contributed by atoms with Crippen molar-refractivity contribution in [2.45, 2.75) is 72.9 Å². The minimum atomic E-state index is -3.80. The van der Waals surface area contributed by atoms with Crippen molar-refractivity contribution in [2.75, 3.05) is 6.61 Å². The topological polar surface area (TPSA) is 344 Å². The maximum absolute atomic E-state index is 13.6. The van der Waals surface area contributed by atoms with Gasteiger partial charge in [-0.05, 0) is 24.5 Å². The Morgan fingerprint density at radius 3 is 2.29 bits per heavy atom. The number of carbonyl (C=O) groups is 2. The van der Waals surface area contributed by atoms with Gasteiger partial charge in [-0.25, -0.2) is 9.59 Å². The lowest BCUT2D eigenvalue weighted by Gasteiger charge is -2.48. The van der Waals surface area contributed by atoms with Crippen LogP contribution < -0.4 is 10.2 Å². The number of phenolic OH excluding ortho intramolecular Hbond substituents is 3. The fraction of sp³-hybridized carbons (Fsp3) is 0.406. The summed E-state index contributed by atoms with van der Waals surface area (Å²) in [5.41, 5.74) is -7.30. The Morgan fingerprint density at radius 1 is 0.904 bits per heavy atom. The first-order valence-electron chi connectivity index (χ1n) is 15.2. The van der Waals surface area contributed by atoms with Gasteiger partial charge in [-0.2, -0.15) is 0 Å². The first-order valence-corrected chi connectivity index (χ1v) is 15.2. The summed E-state index contributed by atoms with van der Waals surface area (Å²) in [6, 6.07) is 5.24. The first kappa shape index (κ1) is 36.7. The molecule has 9 atom stereocenters. The number of aliphatic carboxylic acids is 1. The number of fused-ring (bicyclic) bond motifs is 3. The average Bonchev–Trinajstić information content (AvgIpc) is 3.13. The van der Waals surface area contributed by atoms with Crippen molar-refractivity contribution < 1.29 is 94.2 Å². The van der Waals surface area contributed by atoms with Gasteiger partial charge in [-0.3, -0.25) is 4.79 Å². The first-order chi connectivity index (χ1) is 24.4. The predicted molar refractivity (Wildman–Crippen MR) is 163 cm³/mol. The van der Waals surface area contributed by atoms with E-state index in [0.717, 1.165) is 24.3 Å². The minimum absolute atomic E-state index is 0.0731. The number of carboxylic acids is 1. The molecule has 20 nitrogen and oxygen atoms in total. The number of aliphatic hydroxyl groups excluding tert-OH is 6. The van der Waals surface area contributed by atoms with Gasteiger partial charge in [0, 0.05) is 35.9 Å². The second-order valence-corrected chi connectivity index (χ2v) is 12.2. The Bertz CT molecular complexity index is 2060. The lowest BCUT2D eigenvalue weighted by Crippen LogP contribution is -2.75. The molecule has 2 saturated heterocycles. The van der Waals surface area contributed by atoms with Gasteiger partial charge in [0.25, 0.3) is 5.60 Å². The van der Waals surface area contributed by atoms with Crippen LogP contribution in [0.25, 0.3) is 22.3 Å². The molecule has 0 saturated carbocycles. The molecule has 2 fully saturated rings. The quantitative estimate of drug-likeness (QED) is 0.0500. The molecule has 0 amide bonds. The van der Waals surface area contributed by atoms with Crippen LogP contribution in [0, 0.1) is 11.8 Å². The molecule has 0 unspecified atom stereocenters. The van der Waals surface area contributed by atoms with Crippen molar-refractivity contribution in [2.24, 2.45) is 0 Å². The van der Waals surface area contributed by atoms with Gasteiger partial charge in [-0.15, -0.1) is 0 Å². The molecule has 1 spiro atoms. The Kier molecular flexibility index (Phi) is 9.09. The molecule has 20 heteroatoms. The molecule has 2 bridgehead atoms. The SMILES string of the molecule is O=C(O)[C@]12C#CC[C@@]3(O[C@@H](Oc4cc(O)c5c(=O)cc(-c6cc(O)c(O)c(CCO)c6)oc5c4)[C@H](O)[C@@H](O)[C@@H]3O)C(=O)O[C@@H](O1)[C@H](O)[C@@H](O)C2(O)O. The Hall–Kier alpha value is -5.05. The van der Waals surface area contributed by atoms with Crippen LogP contribution in [-0.4, -0.2) is 140 Å². The van der Waals surface area contributed by atoms with Crippen molar-refractivity contribution >= 4 is 22.9 Å². The highest BCUT2D eigenvalue weighted by molar-refractivity contribution is 5.87. The van der Waals surface area contributed by atoms with E-state index in [9.17, 15) is 75.7 Å². The standard InChI is InChI=1S/C32H30O20/c33-5-2-11-6-12(7-16(36)20(11)37)17-10-15(35)19-14(34)8-13(9-18(19)49-17)48-26-22(39)21(38)24(41)30(51-26)3-1-4-31(28(43)44)32(46,47)25(42)23(40)27(52-31)50-29(30)45/h6-10,21-27,33-34,36-42,46-47H,2-3,5H2,(H,43,44)/t21-,22-,23-,24+,25-,26-,27+,30+,31+/m1/s1. The molecule has 0 radical (unpaired) electrons. The highest BCUT2D eigenvalue weighted by atomic mass is 16.8. The molecule has 2 aromatic carbocycles. The third-order valence-electron chi connectivity index (χ3n) is 8.94. The fourth-order valence-corrected chi connectivity index (χ4v) is 6.08. The summed E-state index contributed by atoms with van der Waals surface area (Å²) in [4.78, 5) is 38.8. The average molecular weight is 735 g/mol. The normalized spacial score (nSPS) is 32.5. The van der Waals surface area contributed by atoms with Gasteiger partial charge < -0.3 is 84.6 Å². The molecule has 3 aromatic rings. The van der Waals surface area contributed by atoms with Crippen LogP contribution in [0.15, 0.2) is 39.5 Å². The maximum Gasteiger partial charge on any atom is 0.354 e. The Morgan fingerprint density at radius 2 is 1.62 bits per heavy atom. The number of ether oxygens (including phenoxy) is 4. The smallest absolute Gasteiger partial charge is 0.354 e. The van der Waals surface area contributed by atoms with Crippen LogP contribution in [0.4, 0.5) is 0 Å².